The molecule has 0 spiro atoms. The number of amides is 1. The number of piperidine rings is 1. The molecule has 0 aliphatic carbocycles. The molecule has 1 unspecified atom stereocenters. The van der Waals surface area contributed by atoms with Crippen LogP contribution in [0.2, 0.25) is 0 Å². The number of nitrogens with one attached hydrogen (secondary N) is 1. The highest BCUT2D eigenvalue weighted by Gasteiger charge is 2.34. The van der Waals surface area contributed by atoms with E-state index in [2.05, 4.69) is 20.4 Å². The van der Waals surface area contributed by atoms with Gasteiger partial charge in [0.1, 0.15) is 5.82 Å². The summed E-state index contributed by atoms with van der Waals surface area (Å²) in [6.45, 7) is 5.28. The highest BCUT2D eigenvalue weighted by Crippen LogP contribution is 2.24. The minimum absolute atomic E-state index is 0.139. The third kappa shape index (κ3) is 4.14. The second-order valence-corrected chi connectivity index (χ2v) is 6.77. The van der Waals surface area contributed by atoms with Crippen molar-refractivity contribution in [2.24, 2.45) is 0 Å². The van der Waals surface area contributed by atoms with Crippen molar-refractivity contribution in [2.75, 3.05) is 24.5 Å². The zero-order valence-electron chi connectivity index (χ0n) is 14.5. The molecule has 0 radical (unpaired) electrons. The van der Waals surface area contributed by atoms with Crippen LogP contribution in [0.1, 0.15) is 48.9 Å². The van der Waals surface area contributed by atoms with Gasteiger partial charge in [-0.3, -0.25) is 9.78 Å². The maximum atomic E-state index is 12.2. The quantitative estimate of drug-likeness (QED) is 0.843. The van der Waals surface area contributed by atoms with Gasteiger partial charge in [-0.25, -0.2) is 4.98 Å². The van der Waals surface area contributed by atoms with Crippen LogP contribution in [0.5, 0.6) is 0 Å². The van der Waals surface area contributed by atoms with Gasteiger partial charge in [0.05, 0.1) is 17.5 Å². The number of carbonyl (C=O) groups excluding carboxylic acids is 1. The van der Waals surface area contributed by atoms with E-state index in [0.29, 0.717) is 13.0 Å². The molecule has 3 heterocycles. The summed E-state index contributed by atoms with van der Waals surface area (Å²) in [6.07, 6.45) is 6.33. The number of carbonyl (C=O) groups is 1. The Bertz CT molecular complexity index is 718. The van der Waals surface area contributed by atoms with E-state index in [1.54, 1.807) is 24.7 Å². The number of aromatic nitrogens is 3. The molecule has 3 rings (SSSR count). The molecule has 1 saturated heterocycles. The number of rotatable bonds is 5. The van der Waals surface area contributed by atoms with Crippen molar-refractivity contribution in [2.45, 2.75) is 38.2 Å². The van der Waals surface area contributed by atoms with Crippen LogP contribution in [0.3, 0.4) is 0 Å². The van der Waals surface area contributed by atoms with Crippen molar-refractivity contribution in [3.8, 4) is 0 Å². The molecule has 2 N–H and O–H groups in total. The molecule has 8 nitrogen and oxygen atoms in total. The zero-order chi connectivity index (χ0) is 17.9. The van der Waals surface area contributed by atoms with Crippen LogP contribution in [0.15, 0.2) is 29.2 Å². The molecule has 1 amide bonds. The monoisotopic (exact) mass is 345 g/mol. The van der Waals surface area contributed by atoms with Crippen LogP contribution in [0.25, 0.3) is 0 Å². The van der Waals surface area contributed by atoms with Crippen LogP contribution >= 0.6 is 0 Å². The Kier molecular flexibility index (Phi) is 4.98. The van der Waals surface area contributed by atoms with Crippen molar-refractivity contribution >= 4 is 11.7 Å². The lowest BCUT2D eigenvalue weighted by molar-refractivity contribution is 0.0250. The Morgan fingerprint density at radius 2 is 2.32 bits per heavy atom. The van der Waals surface area contributed by atoms with Gasteiger partial charge >= 0.3 is 0 Å². The van der Waals surface area contributed by atoms with Gasteiger partial charge in [0.25, 0.3) is 5.91 Å². The predicted octanol–water partition coefficient (Wildman–Crippen LogP) is 1.35. The summed E-state index contributed by atoms with van der Waals surface area (Å²) in [5.41, 5.74) is -0.290. The van der Waals surface area contributed by atoms with Crippen LogP contribution < -0.4 is 10.2 Å². The first-order valence-corrected chi connectivity index (χ1v) is 8.45. The molecular weight excluding hydrogens is 322 g/mol. The molecule has 1 aliphatic rings. The van der Waals surface area contributed by atoms with Crippen LogP contribution in [0.4, 0.5) is 5.82 Å². The Labute approximate surface area is 146 Å². The van der Waals surface area contributed by atoms with Crippen LogP contribution in [-0.4, -0.2) is 51.4 Å². The van der Waals surface area contributed by atoms with Crippen molar-refractivity contribution in [1.29, 1.82) is 0 Å². The maximum Gasteiger partial charge on any atom is 0.290 e. The average Bonchev–Trinajstić information content (AvgIpc) is 3.11. The molecule has 0 aromatic carbocycles. The summed E-state index contributed by atoms with van der Waals surface area (Å²) >= 11 is 0. The number of nitrogens with zero attached hydrogens (tertiary/aromatic N) is 4. The predicted molar refractivity (Wildman–Crippen MR) is 91.4 cm³/mol. The van der Waals surface area contributed by atoms with Crippen LogP contribution in [0, 0.1) is 0 Å². The van der Waals surface area contributed by atoms with Crippen molar-refractivity contribution < 1.29 is 14.4 Å². The molecule has 2 aromatic rings. The third-order valence-electron chi connectivity index (χ3n) is 4.35. The number of anilines is 1. The first kappa shape index (κ1) is 17.3. The van der Waals surface area contributed by atoms with Crippen molar-refractivity contribution in [3.63, 3.8) is 0 Å². The van der Waals surface area contributed by atoms with E-state index in [-0.39, 0.29) is 24.1 Å². The summed E-state index contributed by atoms with van der Waals surface area (Å²) in [7, 11) is 0. The lowest BCUT2D eigenvalue weighted by atomic mass is 9.92. The number of aliphatic hydroxyl groups is 1. The summed E-state index contributed by atoms with van der Waals surface area (Å²) in [4.78, 5) is 22.5. The maximum absolute atomic E-state index is 12.2. The van der Waals surface area contributed by atoms with Gasteiger partial charge in [0, 0.05) is 38.1 Å². The second kappa shape index (κ2) is 7.18. The van der Waals surface area contributed by atoms with Gasteiger partial charge in [-0.05, 0) is 18.8 Å². The summed E-state index contributed by atoms with van der Waals surface area (Å²) in [5, 5.41) is 17.5. The number of β-amino-alcohol motifs (C(OH)–C–C–N with tert-alkyl or cyclic N) is 1. The van der Waals surface area contributed by atoms with Gasteiger partial charge < -0.3 is 19.8 Å². The molecule has 134 valence electrons. The smallest absolute Gasteiger partial charge is 0.290 e. The second-order valence-electron chi connectivity index (χ2n) is 6.77. The zero-order valence-corrected chi connectivity index (χ0v) is 14.5. The van der Waals surface area contributed by atoms with E-state index < -0.39 is 5.60 Å². The molecule has 1 aliphatic heterocycles. The van der Waals surface area contributed by atoms with Gasteiger partial charge in [-0.15, -0.1) is 0 Å². The minimum atomic E-state index is -1.02. The molecule has 1 atom stereocenters. The summed E-state index contributed by atoms with van der Waals surface area (Å²) < 4.78 is 5.08. The summed E-state index contributed by atoms with van der Waals surface area (Å²) in [5.74, 6) is 0.704. The Morgan fingerprint density at radius 3 is 3.00 bits per heavy atom. The van der Waals surface area contributed by atoms with E-state index in [1.165, 1.54) is 0 Å². The van der Waals surface area contributed by atoms with Gasteiger partial charge in [-0.1, -0.05) is 19.0 Å². The average molecular weight is 345 g/mol. The highest BCUT2D eigenvalue weighted by molar-refractivity contribution is 5.91. The van der Waals surface area contributed by atoms with E-state index in [1.807, 2.05) is 18.7 Å². The Morgan fingerprint density at radius 1 is 1.48 bits per heavy atom. The topological polar surface area (TPSA) is 104 Å². The normalized spacial score (nSPS) is 20.7. The van der Waals surface area contributed by atoms with E-state index in [9.17, 15) is 9.90 Å². The molecule has 0 bridgehead atoms. The molecule has 1 fully saturated rings. The van der Waals surface area contributed by atoms with Crippen LogP contribution in [-0.2, 0) is 0 Å². The number of hydrogen-bond acceptors (Lipinski definition) is 7. The molecule has 0 saturated carbocycles. The Balaban J connectivity index is 1.60. The third-order valence-corrected chi connectivity index (χ3v) is 4.35. The first-order chi connectivity index (χ1) is 12.0. The lowest BCUT2D eigenvalue weighted by Crippen LogP contribution is -2.54. The van der Waals surface area contributed by atoms with Gasteiger partial charge in [0.15, 0.2) is 0 Å². The van der Waals surface area contributed by atoms with Crippen molar-refractivity contribution in [1.82, 2.24) is 20.4 Å². The molecule has 25 heavy (non-hydrogen) atoms. The highest BCUT2D eigenvalue weighted by atomic mass is 16.5. The summed E-state index contributed by atoms with van der Waals surface area (Å²) in [6, 6.07) is 1.64. The Hall–Kier alpha value is -2.48. The molecular formula is C17H23N5O3. The first-order valence-electron chi connectivity index (χ1n) is 8.45. The molecule has 8 heteroatoms. The largest absolute Gasteiger partial charge is 0.386 e. The fourth-order valence-electron chi connectivity index (χ4n) is 2.91. The fraction of sp³-hybridized carbons (Fsp3) is 0.529. The fourth-order valence-corrected chi connectivity index (χ4v) is 2.91. The minimum Gasteiger partial charge on any atom is -0.386 e. The van der Waals surface area contributed by atoms with Gasteiger partial charge in [-0.2, -0.15) is 0 Å². The standard InChI is InChI=1S/C17H23N5O3/c1-12(2)13-8-14(25-21-13)16(23)20-10-17(24)4-3-7-22(11-17)15-9-18-5-6-19-15/h5-6,8-9,12,24H,3-4,7,10-11H2,1-2H3,(H,20,23). The lowest BCUT2D eigenvalue weighted by Gasteiger charge is -2.39. The van der Waals surface area contributed by atoms with Crippen molar-refractivity contribution in [3.05, 3.63) is 36.1 Å². The molecule has 2 aromatic heterocycles. The van der Waals surface area contributed by atoms with E-state index in [4.69, 9.17) is 4.52 Å². The van der Waals surface area contributed by atoms with E-state index in [0.717, 1.165) is 24.5 Å². The number of hydrogen-bond donors (Lipinski definition) is 2. The van der Waals surface area contributed by atoms with E-state index >= 15 is 0 Å². The SMILES string of the molecule is CC(C)c1cc(C(=O)NCC2(O)CCCN(c3cnccn3)C2)on1. The van der Waals surface area contributed by atoms with Gasteiger partial charge in [0.2, 0.25) is 5.76 Å².